The first-order chi connectivity index (χ1) is 14.1. The summed E-state index contributed by atoms with van der Waals surface area (Å²) in [6.45, 7) is 0.319. The Morgan fingerprint density at radius 3 is 2.34 bits per heavy atom. The van der Waals surface area contributed by atoms with E-state index in [2.05, 4.69) is 10.6 Å². The van der Waals surface area contributed by atoms with Crippen molar-refractivity contribution in [3.05, 3.63) is 90.0 Å². The van der Waals surface area contributed by atoms with Crippen molar-refractivity contribution < 1.29 is 19.1 Å². The maximum atomic E-state index is 12.2. The fourth-order valence-corrected chi connectivity index (χ4v) is 2.63. The van der Waals surface area contributed by atoms with Crippen molar-refractivity contribution in [2.24, 2.45) is 0 Å². The molecule has 0 saturated heterocycles. The highest BCUT2D eigenvalue weighted by Gasteiger charge is 2.07. The first-order valence-electron chi connectivity index (χ1n) is 9.13. The number of amides is 2. The van der Waals surface area contributed by atoms with Crippen LogP contribution < -0.4 is 20.1 Å². The average molecular weight is 390 g/mol. The van der Waals surface area contributed by atoms with Gasteiger partial charge in [-0.15, -0.1) is 0 Å². The molecule has 0 spiro atoms. The van der Waals surface area contributed by atoms with Gasteiger partial charge in [-0.3, -0.25) is 9.59 Å². The predicted molar refractivity (Wildman–Crippen MR) is 111 cm³/mol. The molecule has 6 heteroatoms. The lowest BCUT2D eigenvalue weighted by Crippen LogP contribution is -2.22. The van der Waals surface area contributed by atoms with Crippen LogP contribution in [-0.4, -0.2) is 25.5 Å². The largest absolute Gasteiger partial charge is 0.497 e. The molecular formula is C23H22N2O4. The summed E-state index contributed by atoms with van der Waals surface area (Å²) < 4.78 is 10.6. The third kappa shape index (κ3) is 6.10. The van der Waals surface area contributed by atoms with Crippen molar-refractivity contribution in [2.45, 2.75) is 6.54 Å². The molecule has 3 aromatic rings. The number of carbonyl (C=O) groups is 2. The van der Waals surface area contributed by atoms with Gasteiger partial charge < -0.3 is 20.1 Å². The molecule has 0 atom stereocenters. The molecule has 0 heterocycles. The van der Waals surface area contributed by atoms with Crippen LogP contribution in [0.2, 0.25) is 0 Å². The van der Waals surface area contributed by atoms with Gasteiger partial charge in [-0.25, -0.2) is 0 Å². The summed E-state index contributed by atoms with van der Waals surface area (Å²) in [6.07, 6.45) is 0. The van der Waals surface area contributed by atoms with Crippen molar-refractivity contribution in [1.82, 2.24) is 5.32 Å². The molecule has 148 valence electrons. The summed E-state index contributed by atoms with van der Waals surface area (Å²) in [5.74, 6) is 0.703. The zero-order valence-electron chi connectivity index (χ0n) is 16.1. The topological polar surface area (TPSA) is 76.7 Å². The third-order valence-corrected chi connectivity index (χ3v) is 4.14. The second-order valence-corrected chi connectivity index (χ2v) is 6.26. The standard InChI is InChI=1S/C23H22N2O4/c1-28-21-9-5-8-19(14-21)25-22(26)16-29-20-12-10-18(11-13-20)23(27)24-15-17-6-3-2-4-7-17/h2-14H,15-16H2,1H3,(H,24,27)(H,25,26). The van der Waals surface area contributed by atoms with E-state index < -0.39 is 0 Å². The maximum absolute atomic E-state index is 12.2. The minimum Gasteiger partial charge on any atom is -0.497 e. The second kappa shape index (κ2) is 9.94. The smallest absolute Gasteiger partial charge is 0.262 e. The lowest BCUT2D eigenvalue weighted by Gasteiger charge is -2.09. The number of benzene rings is 3. The maximum Gasteiger partial charge on any atom is 0.262 e. The fraction of sp³-hybridized carbons (Fsp3) is 0.130. The molecular weight excluding hydrogens is 368 g/mol. The molecule has 0 aliphatic rings. The highest BCUT2D eigenvalue weighted by molar-refractivity contribution is 5.94. The van der Waals surface area contributed by atoms with Gasteiger partial charge in [0.1, 0.15) is 11.5 Å². The zero-order chi connectivity index (χ0) is 20.5. The van der Waals surface area contributed by atoms with Crippen molar-refractivity contribution in [3.8, 4) is 11.5 Å². The van der Waals surface area contributed by atoms with Crippen molar-refractivity contribution in [2.75, 3.05) is 19.0 Å². The van der Waals surface area contributed by atoms with Gasteiger partial charge in [-0.2, -0.15) is 0 Å². The Balaban J connectivity index is 1.47. The highest BCUT2D eigenvalue weighted by Crippen LogP contribution is 2.17. The average Bonchev–Trinajstić information content (AvgIpc) is 2.77. The number of carbonyl (C=O) groups excluding carboxylic acids is 2. The number of ether oxygens (including phenoxy) is 2. The van der Waals surface area contributed by atoms with E-state index in [1.54, 1.807) is 55.6 Å². The van der Waals surface area contributed by atoms with Crippen LogP contribution in [0, 0.1) is 0 Å². The Bertz CT molecular complexity index is 956. The van der Waals surface area contributed by atoms with Crippen LogP contribution in [-0.2, 0) is 11.3 Å². The monoisotopic (exact) mass is 390 g/mol. The van der Waals surface area contributed by atoms with Gasteiger partial charge in [0.2, 0.25) is 0 Å². The van der Waals surface area contributed by atoms with Crippen molar-refractivity contribution in [3.63, 3.8) is 0 Å². The molecule has 0 bridgehead atoms. The molecule has 0 aliphatic carbocycles. The Morgan fingerprint density at radius 1 is 0.862 bits per heavy atom. The summed E-state index contributed by atoms with van der Waals surface area (Å²) in [4.78, 5) is 24.3. The van der Waals surface area contributed by atoms with E-state index in [0.717, 1.165) is 5.56 Å². The summed E-state index contributed by atoms with van der Waals surface area (Å²) in [6, 6.07) is 23.4. The van der Waals surface area contributed by atoms with Crippen LogP contribution in [0.4, 0.5) is 5.69 Å². The minimum absolute atomic E-state index is 0.142. The molecule has 3 rings (SSSR count). The lowest BCUT2D eigenvalue weighted by atomic mass is 10.2. The number of methoxy groups -OCH3 is 1. The molecule has 2 amide bonds. The molecule has 0 saturated carbocycles. The van der Waals surface area contributed by atoms with Gasteiger partial charge in [0.15, 0.2) is 6.61 Å². The Hall–Kier alpha value is -3.80. The second-order valence-electron chi connectivity index (χ2n) is 6.26. The fourth-order valence-electron chi connectivity index (χ4n) is 2.63. The number of rotatable bonds is 8. The highest BCUT2D eigenvalue weighted by atomic mass is 16.5. The summed E-state index contributed by atoms with van der Waals surface area (Å²) in [5, 5.41) is 5.61. The number of hydrogen-bond acceptors (Lipinski definition) is 4. The summed E-state index contributed by atoms with van der Waals surface area (Å²) in [7, 11) is 1.57. The normalized spacial score (nSPS) is 10.1. The molecule has 2 N–H and O–H groups in total. The zero-order valence-corrected chi connectivity index (χ0v) is 16.1. The van der Waals surface area contributed by atoms with Gasteiger partial charge in [0.05, 0.1) is 7.11 Å². The van der Waals surface area contributed by atoms with E-state index in [-0.39, 0.29) is 18.4 Å². The minimum atomic E-state index is -0.289. The van der Waals surface area contributed by atoms with Crippen LogP contribution in [0.3, 0.4) is 0 Å². The molecule has 29 heavy (non-hydrogen) atoms. The molecule has 0 radical (unpaired) electrons. The van der Waals surface area contributed by atoms with E-state index in [1.807, 2.05) is 30.3 Å². The summed E-state index contributed by atoms with van der Waals surface area (Å²) >= 11 is 0. The van der Waals surface area contributed by atoms with Gasteiger partial charge >= 0.3 is 0 Å². The van der Waals surface area contributed by atoms with Gasteiger partial charge in [-0.05, 0) is 42.0 Å². The SMILES string of the molecule is COc1cccc(NC(=O)COc2ccc(C(=O)NCc3ccccc3)cc2)c1. The molecule has 0 unspecified atom stereocenters. The molecule has 3 aromatic carbocycles. The number of hydrogen-bond donors (Lipinski definition) is 2. The lowest BCUT2D eigenvalue weighted by molar-refractivity contribution is -0.118. The molecule has 0 fully saturated rings. The number of nitrogens with one attached hydrogen (secondary N) is 2. The van der Waals surface area contributed by atoms with Crippen LogP contribution in [0.5, 0.6) is 11.5 Å². The Kier molecular flexibility index (Phi) is 6.84. The van der Waals surface area contributed by atoms with E-state index >= 15 is 0 Å². The first kappa shape index (κ1) is 19.9. The predicted octanol–water partition coefficient (Wildman–Crippen LogP) is 3.64. The van der Waals surface area contributed by atoms with Crippen LogP contribution in [0.15, 0.2) is 78.9 Å². The number of anilines is 1. The first-order valence-corrected chi connectivity index (χ1v) is 9.13. The van der Waals surface area contributed by atoms with E-state index in [4.69, 9.17) is 9.47 Å². The quantitative estimate of drug-likeness (QED) is 0.616. The molecule has 6 nitrogen and oxygen atoms in total. The Labute approximate surface area is 169 Å². The van der Waals surface area contributed by atoms with E-state index in [9.17, 15) is 9.59 Å². The van der Waals surface area contributed by atoms with Crippen LogP contribution in [0.25, 0.3) is 0 Å². The van der Waals surface area contributed by atoms with E-state index in [1.165, 1.54) is 0 Å². The van der Waals surface area contributed by atoms with Gasteiger partial charge in [0, 0.05) is 23.9 Å². The summed E-state index contributed by atoms with van der Waals surface area (Å²) in [5.41, 5.74) is 2.18. The van der Waals surface area contributed by atoms with Crippen molar-refractivity contribution >= 4 is 17.5 Å². The van der Waals surface area contributed by atoms with Crippen LogP contribution >= 0.6 is 0 Å². The van der Waals surface area contributed by atoms with E-state index in [0.29, 0.717) is 29.3 Å². The van der Waals surface area contributed by atoms with Gasteiger partial charge in [-0.1, -0.05) is 36.4 Å². The van der Waals surface area contributed by atoms with Crippen molar-refractivity contribution in [1.29, 1.82) is 0 Å². The van der Waals surface area contributed by atoms with Crippen LogP contribution in [0.1, 0.15) is 15.9 Å². The molecule has 0 aliphatic heterocycles. The molecule has 0 aromatic heterocycles. The Morgan fingerprint density at radius 2 is 1.62 bits per heavy atom. The third-order valence-electron chi connectivity index (χ3n) is 4.14. The van der Waals surface area contributed by atoms with Gasteiger partial charge in [0.25, 0.3) is 11.8 Å².